The van der Waals surface area contributed by atoms with E-state index < -0.39 is 0 Å². The second kappa shape index (κ2) is 5.56. The summed E-state index contributed by atoms with van der Waals surface area (Å²) in [4.78, 5) is 10.7. The Kier molecular flexibility index (Phi) is 3.85. The maximum absolute atomic E-state index is 10.7. The molecule has 0 unspecified atom stereocenters. The van der Waals surface area contributed by atoms with E-state index >= 15 is 0 Å². The van der Waals surface area contributed by atoms with Gasteiger partial charge < -0.3 is 9.84 Å². The average Bonchev–Trinajstić information content (AvgIpc) is 2.39. The van der Waals surface area contributed by atoms with Crippen LogP contribution >= 0.6 is 11.6 Å². The van der Waals surface area contributed by atoms with Crippen LogP contribution in [0.4, 0.5) is 0 Å². The van der Waals surface area contributed by atoms with Crippen molar-refractivity contribution in [2.45, 2.75) is 6.61 Å². The topological polar surface area (TPSA) is 46.5 Å². The number of halogens is 1. The van der Waals surface area contributed by atoms with Gasteiger partial charge in [0.1, 0.15) is 18.1 Å². The summed E-state index contributed by atoms with van der Waals surface area (Å²) in [6.07, 6.45) is 0.557. The maximum atomic E-state index is 10.7. The first-order valence-corrected chi connectivity index (χ1v) is 5.73. The summed E-state index contributed by atoms with van der Waals surface area (Å²) in [5.41, 5.74) is 1.15. The quantitative estimate of drug-likeness (QED) is 0.859. The fourth-order valence-electron chi connectivity index (χ4n) is 1.50. The van der Waals surface area contributed by atoms with Gasteiger partial charge in [0, 0.05) is 6.07 Å². The van der Waals surface area contributed by atoms with E-state index in [0.29, 0.717) is 18.6 Å². The molecule has 2 rings (SSSR count). The third-order valence-corrected chi connectivity index (χ3v) is 2.74. The van der Waals surface area contributed by atoms with Crippen molar-refractivity contribution in [3.05, 3.63) is 58.6 Å². The van der Waals surface area contributed by atoms with Gasteiger partial charge in [-0.3, -0.25) is 4.79 Å². The number of phenols is 1. The highest BCUT2D eigenvalue weighted by Crippen LogP contribution is 2.31. The van der Waals surface area contributed by atoms with Crippen molar-refractivity contribution in [1.82, 2.24) is 0 Å². The van der Waals surface area contributed by atoms with Crippen LogP contribution in [0.15, 0.2) is 42.5 Å². The van der Waals surface area contributed by atoms with E-state index in [9.17, 15) is 9.90 Å². The number of carbonyl (C=O) groups is 1. The predicted octanol–water partition coefficient (Wildman–Crippen LogP) is 3.44. The van der Waals surface area contributed by atoms with Crippen molar-refractivity contribution < 1.29 is 14.6 Å². The first-order chi connectivity index (χ1) is 8.70. The lowest BCUT2D eigenvalue weighted by Crippen LogP contribution is -1.96. The number of carbonyl (C=O) groups excluding carboxylic acids is 1. The molecule has 0 aromatic heterocycles. The van der Waals surface area contributed by atoms with Crippen molar-refractivity contribution in [1.29, 1.82) is 0 Å². The molecule has 0 aliphatic rings. The zero-order chi connectivity index (χ0) is 13.0. The summed E-state index contributed by atoms with van der Waals surface area (Å²) >= 11 is 5.92. The molecule has 1 N–H and O–H groups in total. The first-order valence-electron chi connectivity index (χ1n) is 5.35. The van der Waals surface area contributed by atoms with E-state index in [2.05, 4.69) is 0 Å². The molecule has 3 nitrogen and oxygen atoms in total. The zero-order valence-electron chi connectivity index (χ0n) is 9.47. The highest BCUT2D eigenvalue weighted by atomic mass is 35.5. The van der Waals surface area contributed by atoms with Crippen LogP contribution in [-0.2, 0) is 6.61 Å². The Morgan fingerprint density at radius 3 is 2.61 bits per heavy atom. The molecule has 2 aromatic rings. The first kappa shape index (κ1) is 12.5. The van der Waals surface area contributed by atoms with Gasteiger partial charge in [-0.15, -0.1) is 0 Å². The Hall–Kier alpha value is -2.00. The molecule has 0 fully saturated rings. The lowest BCUT2D eigenvalue weighted by Gasteiger charge is -2.09. The number of ether oxygens (including phenoxy) is 1. The molecule has 0 spiro atoms. The standard InChI is InChI=1S/C14H11ClO3/c15-12-7-13(17)11(8-16)6-14(12)18-9-10-4-2-1-3-5-10/h1-8,17H,9H2. The fraction of sp³-hybridized carbons (Fsp3) is 0.0714. The second-order valence-electron chi connectivity index (χ2n) is 3.73. The molecule has 2 aromatic carbocycles. The lowest BCUT2D eigenvalue weighted by atomic mass is 10.2. The Labute approximate surface area is 110 Å². The van der Waals surface area contributed by atoms with E-state index in [4.69, 9.17) is 16.3 Å². The van der Waals surface area contributed by atoms with Crippen molar-refractivity contribution in [3.8, 4) is 11.5 Å². The smallest absolute Gasteiger partial charge is 0.153 e. The summed E-state index contributed by atoms with van der Waals surface area (Å²) < 4.78 is 5.52. The molecule has 0 saturated heterocycles. The summed E-state index contributed by atoms with van der Waals surface area (Å²) in [6.45, 7) is 0.351. The van der Waals surface area contributed by atoms with Gasteiger partial charge in [0.2, 0.25) is 0 Å². The van der Waals surface area contributed by atoms with Crippen molar-refractivity contribution in [2.75, 3.05) is 0 Å². The third kappa shape index (κ3) is 2.81. The average molecular weight is 263 g/mol. The Balaban J connectivity index is 2.17. The van der Waals surface area contributed by atoms with E-state index in [-0.39, 0.29) is 16.3 Å². The number of aldehydes is 1. The van der Waals surface area contributed by atoms with E-state index in [0.717, 1.165) is 5.56 Å². The lowest BCUT2D eigenvalue weighted by molar-refractivity contribution is 0.112. The molecule has 0 amide bonds. The van der Waals surface area contributed by atoms with E-state index in [1.807, 2.05) is 30.3 Å². The summed E-state index contributed by atoms with van der Waals surface area (Å²) in [5, 5.41) is 9.70. The largest absolute Gasteiger partial charge is 0.507 e. The molecule has 4 heteroatoms. The molecule has 18 heavy (non-hydrogen) atoms. The maximum Gasteiger partial charge on any atom is 0.153 e. The van der Waals surface area contributed by atoms with Gasteiger partial charge >= 0.3 is 0 Å². The van der Waals surface area contributed by atoms with Crippen LogP contribution in [0.5, 0.6) is 11.5 Å². The summed E-state index contributed by atoms with van der Waals surface area (Å²) in [6, 6.07) is 12.3. The number of aromatic hydroxyl groups is 1. The monoisotopic (exact) mass is 262 g/mol. The zero-order valence-corrected chi connectivity index (χ0v) is 10.2. The molecule has 0 radical (unpaired) electrons. The highest BCUT2D eigenvalue weighted by Gasteiger charge is 2.08. The van der Waals surface area contributed by atoms with Crippen LogP contribution in [0.1, 0.15) is 15.9 Å². The Bertz CT molecular complexity index is 552. The number of benzene rings is 2. The van der Waals surface area contributed by atoms with Crippen LogP contribution in [0, 0.1) is 0 Å². The van der Waals surface area contributed by atoms with Crippen LogP contribution in [0.3, 0.4) is 0 Å². The van der Waals surface area contributed by atoms with E-state index in [1.165, 1.54) is 12.1 Å². The number of hydrogen-bond donors (Lipinski definition) is 1. The predicted molar refractivity (Wildman–Crippen MR) is 69.3 cm³/mol. The molecule has 0 aliphatic carbocycles. The molecule has 0 saturated carbocycles. The van der Waals surface area contributed by atoms with Gasteiger partial charge in [-0.05, 0) is 11.6 Å². The summed E-state index contributed by atoms with van der Waals surface area (Å²) in [5.74, 6) is 0.225. The Morgan fingerprint density at radius 2 is 1.94 bits per heavy atom. The minimum atomic E-state index is -0.151. The number of phenolic OH excluding ortho intramolecular Hbond substituents is 1. The minimum absolute atomic E-state index is 0.151. The molecular weight excluding hydrogens is 252 g/mol. The molecule has 0 heterocycles. The van der Waals surface area contributed by atoms with Gasteiger partial charge in [0.25, 0.3) is 0 Å². The van der Waals surface area contributed by atoms with Gasteiger partial charge in [-0.25, -0.2) is 0 Å². The van der Waals surface area contributed by atoms with E-state index in [1.54, 1.807) is 0 Å². The highest BCUT2D eigenvalue weighted by molar-refractivity contribution is 6.32. The van der Waals surface area contributed by atoms with Crippen molar-refractivity contribution in [3.63, 3.8) is 0 Å². The van der Waals surface area contributed by atoms with Crippen molar-refractivity contribution >= 4 is 17.9 Å². The molecule has 92 valence electrons. The van der Waals surface area contributed by atoms with Crippen LogP contribution < -0.4 is 4.74 Å². The third-order valence-electron chi connectivity index (χ3n) is 2.45. The van der Waals surface area contributed by atoms with Gasteiger partial charge in [0.15, 0.2) is 6.29 Å². The minimum Gasteiger partial charge on any atom is -0.507 e. The summed E-state index contributed by atoms with van der Waals surface area (Å²) in [7, 11) is 0. The Morgan fingerprint density at radius 1 is 1.22 bits per heavy atom. The van der Waals surface area contributed by atoms with Crippen LogP contribution in [0.25, 0.3) is 0 Å². The van der Waals surface area contributed by atoms with Crippen LogP contribution in [-0.4, -0.2) is 11.4 Å². The molecule has 0 atom stereocenters. The van der Waals surface area contributed by atoms with Gasteiger partial charge in [-0.1, -0.05) is 41.9 Å². The number of rotatable bonds is 4. The van der Waals surface area contributed by atoms with Gasteiger partial charge in [-0.2, -0.15) is 0 Å². The van der Waals surface area contributed by atoms with Gasteiger partial charge in [0.05, 0.1) is 10.6 Å². The van der Waals surface area contributed by atoms with Crippen molar-refractivity contribution in [2.24, 2.45) is 0 Å². The molecule has 0 aliphatic heterocycles. The normalized spacial score (nSPS) is 10.1. The molecular formula is C14H11ClO3. The fourth-order valence-corrected chi connectivity index (χ4v) is 1.71. The SMILES string of the molecule is O=Cc1cc(OCc2ccccc2)c(Cl)cc1O. The van der Waals surface area contributed by atoms with Crippen LogP contribution in [0.2, 0.25) is 5.02 Å². The second-order valence-corrected chi connectivity index (χ2v) is 4.14. The molecule has 0 bridgehead atoms. The number of hydrogen-bond acceptors (Lipinski definition) is 3.